The second-order valence-corrected chi connectivity index (χ2v) is 9.58. The van der Waals surface area contributed by atoms with Gasteiger partial charge in [0.1, 0.15) is 10.1 Å². The number of hydrogen-bond acceptors (Lipinski definition) is 5. The molecule has 1 aromatic heterocycles. The molecule has 2 aromatic rings. The summed E-state index contributed by atoms with van der Waals surface area (Å²) < 4.78 is 0.633. The fourth-order valence-corrected chi connectivity index (χ4v) is 5.28. The van der Waals surface area contributed by atoms with Gasteiger partial charge in [0, 0.05) is 30.1 Å². The van der Waals surface area contributed by atoms with Crippen molar-refractivity contribution < 1.29 is 4.79 Å². The molecule has 0 spiro atoms. The number of carbonyl (C=O) groups excluding carboxylic acids is 1. The lowest BCUT2D eigenvalue weighted by Crippen LogP contribution is -2.34. The fourth-order valence-electron chi connectivity index (χ4n) is 3.77. The molecule has 0 aliphatic carbocycles. The fraction of sp³-hybridized carbons (Fsp3) is 0.409. The highest BCUT2D eigenvalue weighted by Crippen LogP contribution is 2.36. The summed E-state index contributed by atoms with van der Waals surface area (Å²) in [4.78, 5) is 22.6. The van der Waals surface area contributed by atoms with E-state index in [1.165, 1.54) is 24.6 Å². The summed E-state index contributed by atoms with van der Waals surface area (Å²) in [6.45, 7) is 8.29. The van der Waals surface area contributed by atoms with Crippen LogP contribution in [0.3, 0.4) is 0 Å². The Labute approximate surface area is 176 Å². The van der Waals surface area contributed by atoms with Crippen LogP contribution in [-0.4, -0.2) is 39.2 Å². The summed E-state index contributed by atoms with van der Waals surface area (Å²) in [5, 5.41) is 1.09. The molecule has 0 unspecified atom stereocenters. The number of thioether (sulfide) groups is 1. The van der Waals surface area contributed by atoms with E-state index in [9.17, 15) is 4.79 Å². The average molecular weight is 412 g/mol. The van der Waals surface area contributed by atoms with Crippen molar-refractivity contribution in [3.05, 3.63) is 40.8 Å². The molecule has 2 aliphatic heterocycles. The monoisotopic (exact) mass is 411 g/mol. The molecule has 4 rings (SSSR count). The van der Waals surface area contributed by atoms with Crippen molar-refractivity contribution in [1.29, 1.82) is 0 Å². The number of anilines is 1. The lowest BCUT2D eigenvalue weighted by atomic mass is 9.98. The molecule has 0 N–H and O–H groups in total. The van der Waals surface area contributed by atoms with E-state index in [1.807, 2.05) is 38.1 Å². The highest BCUT2D eigenvalue weighted by Gasteiger charge is 2.34. The van der Waals surface area contributed by atoms with Crippen molar-refractivity contribution >= 4 is 57.0 Å². The number of pyridine rings is 1. The lowest BCUT2D eigenvalue weighted by molar-refractivity contribution is -0.123. The second-order valence-electron chi connectivity index (χ2n) is 7.91. The average Bonchev–Trinajstić information content (AvgIpc) is 2.95. The SMILES string of the molecule is CC1CCN(c2nc3ccccc3cc2/C=C2\SC(=S)N(C(C)C)C2=O)CC1. The molecule has 2 fully saturated rings. The summed E-state index contributed by atoms with van der Waals surface area (Å²) in [5.41, 5.74) is 1.99. The normalized spacial score (nSPS) is 20.2. The summed E-state index contributed by atoms with van der Waals surface area (Å²) in [6.07, 6.45) is 4.32. The molecule has 0 radical (unpaired) electrons. The summed E-state index contributed by atoms with van der Waals surface area (Å²) in [5.74, 6) is 1.72. The van der Waals surface area contributed by atoms with E-state index in [1.54, 1.807) is 4.90 Å². The van der Waals surface area contributed by atoms with Crippen molar-refractivity contribution in [2.24, 2.45) is 5.92 Å². The van der Waals surface area contributed by atoms with Gasteiger partial charge in [0.15, 0.2) is 0 Å². The number of carbonyl (C=O) groups is 1. The molecule has 28 heavy (non-hydrogen) atoms. The molecule has 4 nitrogen and oxygen atoms in total. The number of fused-ring (bicyclic) bond motifs is 1. The van der Waals surface area contributed by atoms with Crippen LogP contribution < -0.4 is 4.90 Å². The van der Waals surface area contributed by atoms with Gasteiger partial charge in [0.25, 0.3) is 5.91 Å². The Balaban J connectivity index is 1.78. The van der Waals surface area contributed by atoms with E-state index in [2.05, 4.69) is 24.0 Å². The summed E-state index contributed by atoms with van der Waals surface area (Å²) in [7, 11) is 0. The molecule has 0 saturated carbocycles. The Morgan fingerprint density at radius 2 is 1.96 bits per heavy atom. The third-order valence-electron chi connectivity index (χ3n) is 5.44. The van der Waals surface area contributed by atoms with Crippen LogP contribution in [0.4, 0.5) is 5.82 Å². The predicted molar refractivity (Wildman–Crippen MR) is 123 cm³/mol. The van der Waals surface area contributed by atoms with Crippen LogP contribution >= 0.6 is 24.0 Å². The number of thiocarbonyl (C=S) groups is 1. The van der Waals surface area contributed by atoms with E-state index >= 15 is 0 Å². The third-order valence-corrected chi connectivity index (χ3v) is 6.77. The largest absolute Gasteiger partial charge is 0.356 e. The van der Waals surface area contributed by atoms with Crippen molar-refractivity contribution in [2.75, 3.05) is 18.0 Å². The molecule has 1 aromatic carbocycles. The van der Waals surface area contributed by atoms with Crippen LogP contribution in [0.25, 0.3) is 17.0 Å². The predicted octanol–water partition coefficient (Wildman–Crippen LogP) is 5.08. The minimum Gasteiger partial charge on any atom is -0.356 e. The van der Waals surface area contributed by atoms with E-state index in [4.69, 9.17) is 17.2 Å². The van der Waals surface area contributed by atoms with Gasteiger partial charge < -0.3 is 4.90 Å². The van der Waals surface area contributed by atoms with Gasteiger partial charge in [-0.15, -0.1) is 0 Å². The molecule has 2 aliphatic rings. The topological polar surface area (TPSA) is 36.4 Å². The molecule has 0 bridgehead atoms. The van der Waals surface area contributed by atoms with Crippen LogP contribution in [0.1, 0.15) is 39.2 Å². The number of para-hydroxylation sites is 1. The zero-order valence-corrected chi connectivity index (χ0v) is 18.1. The lowest BCUT2D eigenvalue weighted by Gasteiger charge is -2.32. The van der Waals surface area contributed by atoms with Gasteiger partial charge in [-0.25, -0.2) is 4.98 Å². The quantitative estimate of drug-likeness (QED) is 0.520. The summed E-state index contributed by atoms with van der Waals surface area (Å²) in [6, 6.07) is 10.4. The minimum absolute atomic E-state index is 0.00336. The molecule has 2 saturated heterocycles. The Kier molecular flexibility index (Phi) is 5.43. The number of hydrogen-bond donors (Lipinski definition) is 0. The van der Waals surface area contributed by atoms with Crippen molar-refractivity contribution in [2.45, 2.75) is 39.7 Å². The van der Waals surface area contributed by atoms with Gasteiger partial charge in [-0.1, -0.05) is 49.1 Å². The number of benzene rings is 1. The van der Waals surface area contributed by atoms with Gasteiger partial charge in [-0.3, -0.25) is 9.69 Å². The minimum atomic E-state index is -0.00336. The molecular formula is C22H25N3OS2. The Hall–Kier alpha value is -1.92. The first kappa shape index (κ1) is 19.4. The smallest absolute Gasteiger partial charge is 0.266 e. The number of aromatic nitrogens is 1. The van der Waals surface area contributed by atoms with E-state index in [-0.39, 0.29) is 11.9 Å². The number of rotatable bonds is 3. The number of nitrogens with zero attached hydrogens (tertiary/aromatic N) is 3. The Morgan fingerprint density at radius 1 is 1.25 bits per heavy atom. The van der Waals surface area contributed by atoms with Gasteiger partial charge in [0.05, 0.1) is 10.4 Å². The molecular weight excluding hydrogens is 386 g/mol. The van der Waals surface area contributed by atoms with Gasteiger partial charge in [-0.05, 0) is 50.8 Å². The van der Waals surface area contributed by atoms with Crippen LogP contribution in [-0.2, 0) is 4.79 Å². The van der Waals surface area contributed by atoms with Gasteiger partial charge >= 0.3 is 0 Å². The molecule has 1 amide bonds. The van der Waals surface area contributed by atoms with Gasteiger partial charge in [-0.2, -0.15) is 0 Å². The number of piperidine rings is 1. The van der Waals surface area contributed by atoms with E-state index in [0.717, 1.165) is 41.3 Å². The third kappa shape index (κ3) is 3.67. The Bertz CT molecular complexity index is 961. The van der Waals surface area contributed by atoms with E-state index < -0.39 is 0 Å². The molecule has 146 valence electrons. The van der Waals surface area contributed by atoms with Crippen molar-refractivity contribution in [3.63, 3.8) is 0 Å². The van der Waals surface area contributed by atoms with Crippen LogP contribution in [0.2, 0.25) is 0 Å². The maximum atomic E-state index is 12.9. The molecule has 6 heteroatoms. The van der Waals surface area contributed by atoms with Crippen molar-refractivity contribution in [3.8, 4) is 0 Å². The number of amides is 1. The van der Waals surface area contributed by atoms with Crippen LogP contribution in [0.5, 0.6) is 0 Å². The maximum Gasteiger partial charge on any atom is 0.266 e. The zero-order chi connectivity index (χ0) is 19.8. The van der Waals surface area contributed by atoms with Gasteiger partial charge in [0.2, 0.25) is 0 Å². The highest BCUT2D eigenvalue weighted by molar-refractivity contribution is 8.26. The maximum absolute atomic E-state index is 12.9. The van der Waals surface area contributed by atoms with Crippen molar-refractivity contribution in [1.82, 2.24) is 9.88 Å². The zero-order valence-electron chi connectivity index (χ0n) is 16.5. The van der Waals surface area contributed by atoms with E-state index in [0.29, 0.717) is 9.23 Å². The first-order valence-electron chi connectivity index (χ1n) is 9.86. The molecule has 0 atom stereocenters. The first-order valence-corrected chi connectivity index (χ1v) is 11.1. The van der Waals surface area contributed by atoms with Crippen LogP contribution in [0.15, 0.2) is 35.2 Å². The van der Waals surface area contributed by atoms with Crippen LogP contribution in [0, 0.1) is 5.92 Å². The second kappa shape index (κ2) is 7.84. The summed E-state index contributed by atoms with van der Waals surface area (Å²) >= 11 is 6.82. The first-order chi connectivity index (χ1) is 13.4. The molecule has 3 heterocycles. The highest BCUT2D eigenvalue weighted by atomic mass is 32.2. The standard InChI is InChI=1S/C22H25N3OS2/c1-14(2)25-21(26)19(28-22(25)27)13-17-12-16-6-4-5-7-18(16)23-20(17)24-10-8-15(3)9-11-24/h4-7,12-15H,8-11H2,1-3H3/b19-13-. The Morgan fingerprint density at radius 3 is 2.64 bits per heavy atom.